The molecule has 0 unspecified atom stereocenters. The largest absolute Gasteiger partial charge is 0.481 e. The van der Waals surface area contributed by atoms with Gasteiger partial charge in [0, 0.05) is 3.57 Å². The maximum absolute atomic E-state index is 10.6. The zero-order chi connectivity index (χ0) is 13.1. The van der Waals surface area contributed by atoms with Crippen molar-refractivity contribution in [3.63, 3.8) is 0 Å². The van der Waals surface area contributed by atoms with Gasteiger partial charge >= 0.3 is 5.97 Å². The predicted octanol–water partition coefficient (Wildman–Crippen LogP) is 1.63. The molecule has 1 aromatic carbocycles. The fraction of sp³-hybridized carbons (Fsp3) is 0.100. The Hall–Kier alpha value is -1.29. The van der Waals surface area contributed by atoms with E-state index in [9.17, 15) is 4.79 Å². The van der Waals surface area contributed by atoms with Crippen molar-refractivity contribution in [2.45, 2.75) is 5.16 Å². The maximum Gasteiger partial charge on any atom is 0.313 e. The summed E-state index contributed by atoms with van der Waals surface area (Å²) in [4.78, 5) is 10.6. The summed E-state index contributed by atoms with van der Waals surface area (Å²) in [5.41, 5.74) is 6.56. The van der Waals surface area contributed by atoms with Gasteiger partial charge < -0.3 is 10.8 Å². The monoisotopic (exact) mass is 376 g/mol. The van der Waals surface area contributed by atoms with Gasteiger partial charge in [0.15, 0.2) is 5.16 Å². The third kappa shape index (κ3) is 2.93. The van der Waals surface area contributed by atoms with Gasteiger partial charge in [-0.15, -0.1) is 10.2 Å². The first kappa shape index (κ1) is 13.1. The van der Waals surface area contributed by atoms with Gasteiger partial charge in [-0.3, -0.25) is 9.36 Å². The smallest absolute Gasteiger partial charge is 0.313 e. The number of nitrogens with zero attached hydrogens (tertiary/aromatic N) is 3. The van der Waals surface area contributed by atoms with E-state index in [4.69, 9.17) is 10.8 Å². The molecule has 2 aromatic rings. The van der Waals surface area contributed by atoms with Crippen LogP contribution in [-0.4, -0.2) is 31.6 Å². The normalized spacial score (nSPS) is 10.5. The lowest BCUT2D eigenvalue weighted by Crippen LogP contribution is -2.04. The van der Waals surface area contributed by atoms with Gasteiger partial charge in [-0.05, 0) is 46.9 Å². The second-order valence-electron chi connectivity index (χ2n) is 3.34. The number of aromatic nitrogens is 3. The molecule has 0 spiro atoms. The standard InChI is InChI=1S/C10H9IN4O2S/c11-6-1-3-7(4-2-6)15-9(12)13-14-10(15)18-5-8(16)17/h1-4H,5H2,(H2,12,13)(H,16,17). The van der Waals surface area contributed by atoms with Gasteiger partial charge in [0.2, 0.25) is 5.95 Å². The molecule has 94 valence electrons. The number of carboxylic acid groups (broad SMARTS) is 1. The molecule has 8 heteroatoms. The van der Waals surface area contributed by atoms with Crippen molar-refractivity contribution in [1.82, 2.24) is 14.8 Å². The number of carbonyl (C=O) groups is 1. The van der Waals surface area contributed by atoms with Crippen LogP contribution in [0.1, 0.15) is 0 Å². The summed E-state index contributed by atoms with van der Waals surface area (Å²) in [5, 5.41) is 16.8. The molecule has 6 nitrogen and oxygen atoms in total. The molecule has 3 N–H and O–H groups in total. The Morgan fingerprint density at radius 2 is 2.06 bits per heavy atom. The van der Waals surface area contributed by atoms with E-state index >= 15 is 0 Å². The van der Waals surface area contributed by atoms with Crippen LogP contribution in [0, 0.1) is 3.57 Å². The fourth-order valence-corrected chi connectivity index (χ4v) is 2.37. The SMILES string of the molecule is Nc1nnc(SCC(=O)O)n1-c1ccc(I)cc1. The molecule has 0 radical (unpaired) electrons. The number of rotatable bonds is 4. The number of hydrogen-bond acceptors (Lipinski definition) is 5. The lowest BCUT2D eigenvalue weighted by molar-refractivity contribution is -0.133. The number of nitrogens with two attached hydrogens (primary N) is 1. The van der Waals surface area contributed by atoms with Gasteiger partial charge in [0.25, 0.3) is 0 Å². The third-order valence-electron chi connectivity index (χ3n) is 2.07. The molecule has 0 amide bonds. The quantitative estimate of drug-likeness (QED) is 0.622. The molecule has 0 saturated carbocycles. The highest BCUT2D eigenvalue weighted by molar-refractivity contribution is 14.1. The molecule has 1 heterocycles. The zero-order valence-corrected chi connectivity index (χ0v) is 12.1. The van der Waals surface area contributed by atoms with Crippen molar-refractivity contribution in [2.24, 2.45) is 0 Å². The number of benzene rings is 1. The molecule has 0 fully saturated rings. The molecule has 0 aliphatic heterocycles. The van der Waals surface area contributed by atoms with Crippen molar-refractivity contribution in [3.05, 3.63) is 27.8 Å². The molecule has 0 saturated heterocycles. The summed E-state index contributed by atoms with van der Waals surface area (Å²) < 4.78 is 2.73. The van der Waals surface area contributed by atoms with E-state index in [-0.39, 0.29) is 11.7 Å². The second-order valence-corrected chi connectivity index (χ2v) is 5.52. The predicted molar refractivity (Wildman–Crippen MR) is 76.8 cm³/mol. The average molecular weight is 376 g/mol. The van der Waals surface area contributed by atoms with Crippen LogP contribution in [0.4, 0.5) is 5.95 Å². The Morgan fingerprint density at radius 3 is 2.67 bits per heavy atom. The molecular weight excluding hydrogens is 367 g/mol. The highest BCUT2D eigenvalue weighted by atomic mass is 127. The molecule has 2 rings (SSSR count). The Labute approximate surface area is 121 Å². The number of hydrogen-bond donors (Lipinski definition) is 2. The Morgan fingerprint density at radius 1 is 1.39 bits per heavy atom. The van der Waals surface area contributed by atoms with Crippen molar-refractivity contribution in [1.29, 1.82) is 0 Å². The fourth-order valence-electron chi connectivity index (χ4n) is 1.33. The number of anilines is 1. The average Bonchev–Trinajstić information content (AvgIpc) is 2.69. The molecule has 0 aliphatic rings. The number of nitrogen functional groups attached to an aromatic ring is 1. The van der Waals surface area contributed by atoms with E-state index in [1.165, 1.54) is 0 Å². The minimum absolute atomic E-state index is 0.0809. The third-order valence-corrected chi connectivity index (χ3v) is 3.70. The van der Waals surface area contributed by atoms with Crippen LogP contribution >= 0.6 is 34.4 Å². The number of thioether (sulfide) groups is 1. The lowest BCUT2D eigenvalue weighted by atomic mass is 10.3. The Kier molecular flexibility index (Phi) is 4.07. The molecule has 0 bridgehead atoms. The summed E-state index contributed by atoms with van der Waals surface area (Å²) in [6.07, 6.45) is 0. The lowest BCUT2D eigenvalue weighted by Gasteiger charge is -2.07. The molecular formula is C10H9IN4O2S. The topological polar surface area (TPSA) is 94.0 Å². The molecule has 0 atom stereocenters. The van der Waals surface area contributed by atoms with Crippen LogP contribution in [0.5, 0.6) is 0 Å². The van der Waals surface area contributed by atoms with E-state index in [0.29, 0.717) is 5.16 Å². The van der Waals surface area contributed by atoms with Gasteiger partial charge in [-0.1, -0.05) is 11.8 Å². The summed E-state index contributed by atoms with van der Waals surface area (Å²) in [6, 6.07) is 7.63. The van der Waals surface area contributed by atoms with E-state index in [2.05, 4.69) is 32.8 Å². The van der Waals surface area contributed by atoms with E-state index in [0.717, 1.165) is 21.0 Å². The molecule has 0 aliphatic carbocycles. The van der Waals surface area contributed by atoms with E-state index in [1.54, 1.807) is 4.57 Å². The minimum atomic E-state index is -0.907. The van der Waals surface area contributed by atoms with Crippen LogP contribution in [0.25, 0.3) is 5.69 Å². The van der Waals surface area contributed by atoms with Gasteiger partial charge in [0.1, 0.15) is 0 Å². The van der Waals surface area contributed by atoms with E-state index < -0.39 is 5.97 Å². The number of aliphatic carboxylic acids is 1. The first-order valence-electron chi connectivity index (χ1n) is 4.89. The van der Waals surface area contributed by atoms with Crippen LogP contribution in [-0.2, 0) is 4.79 Å². The Balaban J connectivity index is 2.34. The van der Waals surface area contributed by atoms with Crippen LogP contribution in [0.15, 0.2) is 29.4 Å². The van der Waals surface area contributed by atoms with Gasteiger partial charge in [-0.2, -0.15) is 0 Å². The number of halogens is 1. The van der Waals surface area contributed by atoms with E-state index in [1.807, 2.05) is 24.3 Å². The van der Waals surface area contributed by atoms with Crippen molar-refractivity contribution >= 4 is 46.3 Å². The highest BCUT2D eigenvalue weighted by Crippen LogP contribution is 2.23. The van der Waals surface area contributed by atoms with Gasteiger partial charge in [0.05, 0.1) is 11.4 Å². The van der Waals surface area contributed by atoms with Crippen LogP contribution in [0.2, 0.25) is 0 Å². The summed E-state index contributed by atoms with van der Waals surface area (Å²) >= 11 is 3.29. The maximum atomic E-state index is 10.6. The molecule has 1 aromatic heterocycles. The second kappa shape index (κ2) is 5.57. The highest BCUT2D eigenvalue weighted by Gasteiger charge is 2.13. The summed E-state index contributed by atoms with van der Waals surface area (Å²) in [5.74, 6) is -0.748. The summed E-state index contributed by atoms with van der Waals surface area (Å²) in [6.45, 7) is 0. The first-order chi connectivity index (χ1) is 8.58. The Bertz CT molecular complexity index is 570. The van der Waals surface area contributed by atoms with Crippen molar-refractivity contribution < 1.29 is 9.90 Å². The first-order valence-corrected chi connectivity index (χ1v) is 6.96. The minimum Gasteiger partial charge on any atom is -0.481 e. The summed E-state index contributed by atoms with van der Waals surface area (Å²) in [7, 11) is 0. The van der Waals surface area contributed by atoms with Crippen LogP contribution in [0.3, 0.4) is 0 Å². The number of carboxylic acids is 1. The molecule has 18 heavy (non-hydrogen) atoms. The van der Waals surface area contributed by atoms with Crippen LogP contribution < -0.4 is 5.73 Å². The van der Waals surface area contributed by atoms with Crippen molar-refractivity contribution in [3.8, 4) is 5.69 Å². The van der Waals surface area contributed by atoms with Gasteiger partial charge in [-0.25, -0.2) is 0 Å². The zero-order valence-electron chi connectivity index (χ0n) is 9.08. The van der Waals surface area contributed by atoms with Crippen molar-refractivity contribution in [2.75, 3.05) is 11.5 Å².